The summed E-state index contributed by atoms with van der Waals surface area (Å²) < 4.78 is 1.68. The second-order valence-corrected chi connectivity index (χ2v) is 5.35. The molecule has 118 valence electrons. The van der Waals surface area contributed by atoms with Crippen LogP contribution in [0.1, 0.15) is 48.8 Å². The van der Waals surface area contributed by atoms with Crippen LogP contribution < -0.4 is 5.32 Å². The summed E-state index contributed by atoms with van der Waals surface area (Å²) in [6, 6.07) is 5.45. The molecule has 0 aromatic carbocycles. The van der Waals surface area contributed by atoms with Crippen molar-refractivity contribution in [3.63, 3.8) is 0 Å². The van der Waals surface area contributed by atoms with Crippen LogP contribution >= 0.6 is 0 Å². The van der Waals surface area contributed by atoms with E-state index in [-0.39, 0.29) is 29.4 Å². The molecule has 6 heteroatoms. The molecule has 0 radical (unpaired) electrons. The van der Waals surface area contributed by atoms with Crippen molar-refractivity contribution in [1.82, 2.24) is 19.6 Å². The van der Waals surface area contributed by atoms with Crippen molar-refractivity contribution < 1.29 is 9.59 Å². The highest BCUT2D eigenvalue weighted by Crippen LogP contribution is 2.15. The summed E-state index contributed by atoms with van der Waals surface area (Å²) in [5.41, 5.74) is 0.918. The van der Waals surface area contributed by atoms with Gasteiger partial charge in [0.1, 0.15) is 0 Å². The zero-order chi connectivity index (χ0) is 16.3. The van der Waals surface area contributed by atoms with Crippen LogP contribution in [-0.4, -0.2) is 45.2 Å². The van der Waals surface area contributed by atoms with Gasteiger partial charge in [0.05, 0.1) is 5.52 Å². The number of carbonyl (C=O) groups excluding carboxylic acids is 2. The van der Waals surface area contributed by atoms with E-state index in [0.717, 1.165) is 0 Å². The molecule has 2 aromatic heterocycles. The lowest BCUT2D eigenvalue weighted by molar-refractivity contribution is 0.0760. The molecule has 0 aliphatic heterocycles. The smallest absolute Gasteiger partial charge is 0.290 e. The summed E-state index contributed by atoms with van der Waals surface area (Å²) in [5, 5.41) is 2.82. The van der Waals surface area contributed by atoms with Crippen LogP contribution in [0, 0.1) is 0 Å². The van der Waals surface area contributed by atoms with E-state index in [1.54, 1.807) is 21.6 Å². The monoisotopic (exact) mass is 302 g/mol. The summed E-state index contributed by atoms with van der Waals surface area (Å²) in [7, 11) is 0. The number of hydrogen-bond donors (Lipinski definition) is 1. The second kappa shape index (κ2) is 6.60. The van der Waals surface area contributed by atoms with E-state index in [0.29, 0.717) is 18.6 Å². The van der Waals surface area contributed by atoms with Crippen molar-refractivity contribution in [1.29, 1.82) is 0 Å². The Morgan fingerprint density at radius 3 is 2.55 bits per heavy atom. The largest absolute Gasteiger partial charge is 0.348 e. The van der Waals surface area contributed by atoms with Crippen molar-refractivity contribution in [3.8, 4) is 0 Å². The van der Waals surface area contributed by atoms with Gasteiger partial charge in [-0.2, -0.15) is 0 Å². The quantitative estimate of drug-likeness (QED) is 0.918. The fourth-order valence-electron chi connectivity index (χ4n) is 2.34. The molecule has 2 aromatic rings. The molecule has 0 bridgehead atoms. The van der Waals surface area contributed by atoms with Gasteiger partial charge < -0.3 is 10.2 Å². The lowest BCUT2D eigenvalue weighted by Crippen LogP contribution is -2.32. The van der Waals surface area contributed by atoms with Crippen molar-refractivity contribution in [2.24, 2.45) is 0 Å². The van der Waals surface area contributed by atoms with Gasteiger partial charge in [0.2, 0.25) is 5.82 Å². The number of pyridine rings is 1. The first-order valence-electron chi connectivity index (χ1n) is 7.56. The van der Waals surface area contributed by atoms with Gasteiger partial charge >= 0.3 is 0 Å². The Bertz CT molecular complexity index is 687. The van der Waals surface area contributed by atoms with Crippen molar-refractivity contribution in [3.05, 3.63) is 35.9 Å². The number of amides is 2. The number of nitrogens with zero attached hydrogens (tertiary/aromatic N) is 3. The fraction of sp³-hybridized carbons (Fsp3) is 0.438. The minimum Gasteiger partial charge on any atom is -0.348 e. The summed E-state index contributed by atoms with van der Waals surface area (Å²) in [5.74, 6) is -0.166. The van der Waals surface area contributed by atoms with E-state index in [9.17, 15) is 9.59 Å². The van der Waals surface area contributed by atoms with Gasteiger partial charge in [0, 0.05) is 25.3 Å². The Morgan fingerprint density at radius 1 is 1.27 bits per heavy atom. The number of carbonyl (C=O) groups is 2. The highest BCUT2D eigenvalue weighted by Gasteiger charge is 2.24. The zero-order valence-corrected chi connectivity index (χ0v) is 13.5. The van der Waals surface area contributed by atoms with Gasteiger partial charge in [0.15, 0.2) is 5.69 Å². The fourth-order valence-corrected chi connectivity index (χ4v) is 2.34. The number of hydrogen-bond acceptors (Lipinski definition) is 3. The molecule has 0 aliphatic carbocycles. The third-order valence-electron chi connectivity index (χ3n) is 3.43. The van der Waals surface area contributed by atoms with Gasteiger partial charge in [-0.3, -0.25) is 14.0 Å². The van der Waals surface area contributed by atoms with Crippen LogP contribution in [0.15, 0.2) is 24.4 Å². The number of aromatic nitrogens is 2. The van der Waals surface area contributed by atoms with Crippen LogP contribution in [0.4, 0.5) is 0 Å². The molecular weight excluding hydrogens is 280 g/mol. The molecule has 2 rings (SSSR count). The highest BCUT2D eigenvalue weighted by atomic mass is 16.2. The van der Waals surface area contributed by atoms with Gasteiger partial charge in [-0.15, -0.1) is 0 Å². The van der Waals surface area contributed by atoms with Crippen LogP contribution in [0.2, 0.25) is 0 Å². The Kier molecular flexibility index (Phi) is 4.80. The number of imidazole rings is 1. The molecule has 0 saturated heterocycles. The van der Waals surface area contributed by atoms with Crippen LogP contribution in [0.25, 0.3) is 5.52 Å². The second-order valence-electron chi connectivity index (χ2n) is 5.35. The van der Waals surface area contributed by atoms with Gasteiger partial charge in [-0.25, -0.2) is 4.98 Å². The average molecular weight is 302 g/mol. The normalized spacial score (nSPS) is 11.0. The van der Waals surface area contributed by atoms with E-state index < -0.39 is 0 Å². The lowest BCUT2D eigenvalue weighted by Gasteiger charge is -2.17. The maximum atomic E-state index is 12.6. The first-order chi connectivity index (χ1) is 10.5. The SMILES string of the molecule is CCN(CC)C(=O)c1nc(C(=O)NC(C)C)c2ccccn12. The predicted molar refractivity (Wildman–Crippen MR) is 85.0 cm³/mol. The Balaban J connectivity index is 2.53. The lowest BCUT2D eigenvalue weighted by atomic mass is 10.3. The van der Waals surface area contributed by atoms with Gasteiger partial charge in [-0.05, 0) is 39.8 Å². The predicted octanol–water partition coefficient (Wildman–Crippen LogP) is 1.95. The molecule has 2 heterocycles. The summed E-state index contributed by atoms with van der Waals surface area (Å²) in [6.45, 7) is 8.82. The highest BCUT2D eigenvalue weighted by molar-refractivity contribution is 6.02. The molecule has 0 spiro atoms. The molecule has 1 N–H and O–H groups in total. The first-order valence-corrected chi connectivity index (χ1v) is 7.56. The maximum absolute atomic E-state index is 12.6. The Hall–Kier alpha value is -2.37. The van der Waals surface area contributed by atoms with Crippen LogP contribution in [-0.2, 0) is 0 Å². The van der Waals surface area contributed by atoms with E-state index in [1.807, 2.05) is 39.8 Å². The number of nitrogens with one attached hydrogen (secondary N) is 1. The van der Waals surface area contributed by atoms with Crippen LogP contribution in [0.5, 0.6) is 0 Å². The number of fused-ring (bicyclic) bond motifs is 1. The zero-order valence-electron chi connectivity index (χ0n) is 13.5. The summed E-state index contributed by atoms with van der Waals surface area (Å²) >= 11 is 0. The standard InChI is InChI=1S/C16H22N4O2/c1-5-19(6-2)16(22)14-18-13(15(21)17-11(3)4)12-9-7-8-10-20(12)14/h7-11H,5-6H2,1-4H3,(H,17,21). The van der Waals surface area contributed by atoms with E-state index in [1.165, 1.54) is 0 Å². The molecule has 6 nitrogen and oxygen atoms in total. The molecule has 0 fully saturated rings. The van der Waals surface area contributed by atoms with Crippen LogP contribution in [0.3, 0.4) is 0 Å². The molecule has 0 saturated carbocycles. The summed E-state index contributed by atoms with van der Waals surface area (Å²) in [4.78, 5) is 30.9. The Labute approximate surface area is 130 Å². The molecular formula is C16H22N4O2. The van der Waals surface area contributed by atoms with Gasteiger partial charge in [0.25, 0.3) is 11.8 Å². The molecule has 0 atom stereocenters. The van der Waals surface area contributed by atoms with Crippen molar-refractivity contribution >= 4 is 17.3 Å². The van der Waals surface area contributed by atoms with E-state index >= 15 is 0 Å². The minimum atomic E-state index is -0.266. The Morgan fingerprint density at radius 2 is 1.95 bits per heavy atom. The molecule has 0 unspecified atom stereocenters. The average Bonchev–Trinajstić information content (AvgIpc) is 2.87. The minimum absolute atomic E-state index is 0.00916. The van der Waals surface area contributed by atoms with E-state index in [4.69, 9.17) is 0 Å². The van der Waals surface area contributed by atoms with Gasteiger partial charge in [-0.1, -0.05) is 6.07 Å². The summed E-state index contributed by atoms with van der Waals surface area (Å²) in [6.07, 6.45) is 1.76. The molecule has 0 aliphatic rings. The van der Waals surface area contributed by atoms with Crippen molar-refractivity contribution in [2.45, 2.75) is 33.7 Å². The first kappa shape index (κ1) is 16.0. The van der Waals surface area contributed by atoms with Crippen molar-refractivity contribution in [2.75, 3.05) is 13.1 Å². The maximum Gasteiger partial charge on any atom is 0.290 e. The molecule has 22 heavy (non-hydrogen) atoms. The molecule has 2 amide bonds. The third kappa shape index (κ3) is 2.95. The topological polar surface area (TPSA) is 66.7 Å². The van der Waals surface area contributed by atoms with E-state index in [2.05, 4.69) is 10.3 Å². The number of rotatable bonds is 5. The third-order valence-corrected chi connectivity index (χ3v) is 3.43.